The van der Waals surface area contributed by atoms with Gasteiger partial charge in [-0.15, -0.1) is 0 Å². The zero-order chi connectivity index (χ0) is 25.7. The molecule has 0 bridgehead atoms. The van der Waals surface area contributed by atoms with Crippen LogP contribution in [0.3, 0.4) is 0 Å². The minimum atomic E-state index is -0.843. The van der Waals surface area contributed by atoms with Crippen LogP contribution in [-0.2, 0) is 14.3 Å². The lowest BCUT2D eigenvalue weighted by Gasteiger charge is -2.16. The van der Waals surface area contributed by atoms with Gasteiger partial charge in [0, 0.05) is 31.2 Å². The SMILES string of the molecule is CCCOC(=O)c1sc(NC(=O)[C@H](CNc2nccc3ccc(-c4noc(C)n4)cc23)OC)nc1C. The number of nitrogens with one attached hydrogen (secondary N) is 2. The number of nitrogens with zero attached hydrogens (tertiary/aromatic N) is 4. The van der Waals surface area contributed by atoms with Crippen LogP contribution in [0.25, 0.3) is 22.2 Å². The van der Waals surface area contributed by atoms with Crippen LogP contribution in [-0.4, -0.2) is 58.4 Å². The molecule has 11 nitrogen and oxygen atoms in total. The van der Waals surface area contributed by atoms with Crippen LogP contribution >= 0.6 is 11.3 Å². The molecule has 0 unspecified atom stereocenters. The van der Waals surface area contributed by atoms with Gasteiger partial charge in [-0.1, -0.05) is 35.5 Å². The topological polar surface area (TPSA) is 141 Å². The molecule has 188 valence electrons. The summed E-state index contributed by atoms with van der Waals surface area (Å²) in [5, 5.41) is 12.0. The summed E-state index contributed by atoms with van der Waals surface area (Å²) in [5.41, 5.74) is 1.28. The summed E-state index contributed by atoms with van der Waals surface area (Å²) in [6.07, 6.45) is 1.56. The van der Waals surface area contributed by atoms with E-state index < -0.39 is 18.0 Å². The molecule has 4 aromatic rings. The highest BCUT2D eigenvalue weighted by atomic mass is 32.1. The summed E-state index contributed by atoms with van der Waals surface area (Å²) in [5.74, 6) is 0.680. The smallest absolute Gasteiger partial charge is 0.350 e. The number of hydrogen-bond donors (Lipinski definition) is 2. The number of hydrogen-bond acceptors (Lipinski definition) is 11. The molecule has 3 heterocycles. The molecule has 12 heteroatoms. The highest BCUT2D eigenvalue weighted by Gasteiger charge is 2.22. The van der Waals surface area contributed by atoms with Gasteiger partial charge in [-0.25, -0.2) is 14.8 Å². The van der Waals surface area contributed by atoms with Crippen LogP contribution in [0.15, 0.2) is 35.0 Å². The van der Waals surface area contributed by atoms with Crippen LogP contribution in [0.1, 0.15) is 34.6 Å². The third kappa shape index (κ3) is 5.66. The molecule has 2 N–H and O–H groups in total. The van der Waals surface area contributed by atoms with E-state index >= 15 is 0 Å². The van der Waals surface area contributed by atoms with Gasteiger partial charge in [0.25, 0.3) is 5.91 Å². The van der Waals surface area contributed by atoms with Gasteiger partial charge < -0.3 is 19.3 Å². The van der Waals surface area contributed by atoms with Crippen molar-refractivity contribution in [1.29, 1.82) is 0 Å². The second kappa shape index (κ2) is 11.2. The van der Waals surface area contributed by atoms with Gasteiger partial charge in [-0.05, 0) is 30.9 Å². The summed E-state index contributed by atoms with van der Waals surface area (Å²) in [6, 6.07) is 7.65. The van der Waals surface area contributed by atoms with E-state index in [-0.39, 0.29) is 6.54 Å². The summed E-state index contributed by atoms with van der Waals surface area (Å²) in [6.45, 7) is 5.82. The molecule has 36 heavy (non-hydrogen) atoms. The van der Waals surface area contributed by atoms with Crippen molar-refractivity contribution in [3.63, 3.8) is 0 Å². The number of aryl methyl sites for hydroxylation is 2. The monoisotopic (exact) mass is 510 g/mol. The molecule has 0 spiro atoms. The van der Waals surface area contributed by atoms with E-state index in [2.05, 4.69) is 30.7 Å². The van der Waals surface area contributed by atoms with Crippen LogP contribution in [0, 0.1) is 13.8 Å². The van der Waals surface area contributed by atoms with Crippen LogP contribution < -0.4 is 10.6 Å². The van der Waals surface area contributed by atoms with Gasteiger partial charge >= 0.3 is 5.97 Å². The number of benzene rings is 1. The average molecular weight is 511 g/mol. The van der Waals surface area contributed by atoms with E-state index in [4.69, 9.17) is 14.0 Å². The fraction of sp³-hybridized carbons (Fsp3) is 0.333. The first kappa shape index (κ1) is 25.2. The zero-order valence-electron chi connectivity index (χ0n) is 20.3. The van der Waals surface area contributed by atoms with Crippen molar-refractivity contribution in [2.75, 3.05) is 30.9 Å². The van der Waals surface area contributed by atoms with E-state index in [9.17, 15) is 9.59 Å². The molecule has 4 rings (SSSR count). The number of thiazole rings is 1. The van der Waals surface area contributed by atoms with Crippen LogP contribution in [0.2, 0.25) is 0 Å². The lowest BCUT2D eigenvalue weighted by atomic mass is 10.1. The lowest BCUT2D eigenvalue weighted by Crippen LogP contribution is -2.35. The van der Waals surface area contributed by atoms with E-state index in [1.807, 2.05) is 31.2 Å². The second-order valence-corrected chi connectivity index (χ2v) is 8.90. The van der Waals surface area contributed by atoms with Gasteiger partial charge in [0.15, 0.2) is 11.2 Å². The van der Waals surface area contributed by atoms with E-state index in [1.165, 1.54) is 7.11 Å². The minimum Gasteiger partial charge on any atom is -0.461 e. The predicted molar refractivity (Wildman–Crippen MR) is 135 cm³/mol. The molecule has 0 aliphatic carbocycles. The predicted octanol–water partition coefficient (Wildman–Crippen LogP) is 3.99. The Morgan fingerprint density at radius 3 is 2.75 bits per heavy atom. The first-order valence-electron chi connectivity index (χ1n) is 11.3. The largest absolute Gasteiger partial charge is 0.461 e. The number of aromatic nitrogens is 4. The first-order valence-corrected chi connectivity index (χ1v) is 12.1. The van der Waals surface area contributed by atoms with Crippen molar-refractivity contribution in [2.45, 2.75) is 33.3 Å². The van der Waals surface area contributed by atoms with Gasteiger partial charge in [0.1, 0.15) is 10.7 Å². The number of rotatable bonds is 10. The number of ether oxygens (including phenoxy) is 2. The second-order valence-electron chi connectivity index (χ2n) is 7.90. The Labute approximate surface area is 211 Å². The summed E-state index contributed by atoms with van der Waals surface area (Å²) in [4.78, 5) is 38.4. The third-order valence-electron chi connectivity index (χ3n) is 5.23. The van der Waals surface area contributed by atoms with E-state index in [1.54, 1.807) is 20.0 Å². The fourth-order valence-electron chi connectivity index (χ4n) is 3.42. The summed E-state index contributed by atoms with van der Waals surface area (Å²) in [7, 11) is 1.44. The van der Waals surface area contributed by atoms with Crippen molar-refractivity contribution in [2.24, 2.45) is 0 Å². The minimum absolute atomic E-state index is 0.149. The molecule has 1 aromatic carbocycles. The maximum Gasteiger partial charge on any atom is 0.350 e. The van der Waals surface area contributed by atoms with Gasteiger partial charge in [0.05, 0.1) is 18.8 Å². The number of amides is 1. The van der Waals surface area contributed by atoms with Crippen LogP contribution in [0.4, 0.5) is 10.9 Å². The number of carbonyl (C=O) groups excluding carboxylic acids is 2. The fourth-order valence-corrected chi connectivity index (χ4v) is 4.29. The van der Waals surface area contributed by atoms with E-state index in [0.29, 0.717) is 39.8 Å². The number of pyridine rings is 1. The van der Waals surface area contributed by atoms with Gasteiger partial charge in [-0.3, -0.25) is 10.1 Å². The average Bonchev–Trinajstić information content (AvgIpc) is 3.47. The highest BCUT2D eigenvalue weighted by molar-refractivity contribution is 7.17. The molecule has 1 atom stereocenters. The maximum absolute atomic E-state index is 12.9. The van der Waals surface area contributed by atoms with Crippen LogP contribution in [0.5, 0.6) is 0 Å². The molecule has 0 saturated carbocycles. The Morgan fingerprint density at radius 1 is 1.19 bits per heavy atom. The van der Waals surface area contributed by atoms with Crippen molar-refractivity contribution >= 4 is 44.9 Å². The molecular weight excluding hydrogens is 484 g/mol. The Bertz CT molecular complexity index is 1380. The molecule has 0 fully saturated rings. The maximum atomic E-state index is 12.9. The van der Waals surface area contributed by atoms with Crippen molar-refractivity contribution in [1.82, 2.24) is 20.1 Å². The van der Waals surface area contributed by atoms with Crippen molar-refractivity contribution < 1.29 is 23.6 Å². The number of carbonyl (C=O) groups is 2. The van der Waals surface area contributed by atoms with Crippen molar-refractivity contribution in [3.05, 3.63) is 46.9 Å². The molecule has 0 aliphatic heterocycles. The number of methoxy groups -OCH3 is 1. The lowest BCUT2D eigenvalue weighted by molar-refractivity contribution is -0.124. The van der Waals surface area contributed by atoms with E-state index in [0.717, 1.165) is 34.1 Å². The summed E-state index contributed by atoms with van der Waals surface area (Å²) < 4.78 is 15.7. The summed E-state index contributed by atoms with van der Waals surface area (Å²) >= 11 is 1.07. The highest BCUT2D eigenvalue weighted by Crippen LogP contribution is 2.27. The Hall–Kier alpha value is -3.90. The molecule has 1 amide bonds. The molecule has 0 aliphatic rings. The Morgan fingerprint density at radius 2 is 2.03 bits per heavy atom. The molecule has 0 radical (unpaired) electrons. The zero-order valence-corrected chi connectivity index (χ0v) is 21.1. The first-order chi connectivity index (χ1) is 17.4. The third-order valence-corrected chi connectivity index (χ3v) is 6.29. The molecule has 3 aromatic heterocycles. The number of anilines is 2. The number of esters is 1. The van der Waals surface area contributed by atoms with Gasteiger partial charge in [0.2, 0.25) is 11.7 Å². The Kier molecular flexibility index (Phi) is 7.86. The quantitative estimate of drug-likeness (QED) is 0.301. The van der Waals surface area contributed by atoms with Crippen molar-refractivity contribution in [3.8, 4) is 11.4 Å². The number of fused-ring (bicyclic) bond motifs is 1. The Balaban J connectivity index is 1.46. The van der Waals surface area contributed by atoms with Gasteiger partial charge in [-0.2, -0.15) is 4.98 Å². The standard InChI is InChI=1S/C24H26N6O5S/c1-5-10-34-23(32)19-13(2)27-24(36-19)29-22(31)18(33-4)12-26-21-17-11-16(20-28-14(3)35-30-20)7-6-15(17)8-9-25-21/h6-9,11,18H,5,10,12H2,1-4H3,(H,25,26)(H,27,29,31)/t18-/m0/s1. The molecule has 0 saturated heterocycles. The normalized spacial score (nSPS) is 11.9. The molecular formula is C24H26N6O5S.